The first kappa shape index (κ1) is 16.4. The van der Waals surface area contributed by atoms with E-state index < -0.39 is 16.9 Å². The van der Waals surface area contributed by atoms with Crippen molar-refractivity contribution < 1.29 is 14.8 Å². The first-order chi connectivity index (χ1) is 10.5. The standard InChI is InChI=1S/C16H22N2O4/c1-11-7-8-14(18(21)22)13(9-11)16(20)17-10-15(19)12-5-3-2-4-6-12/h7-9,12,15,19H,2-6,10H2,1H3,(H,17,20). The number of amides is 1. The summed E-state index contributed by atoms with van der Waals surface area (Å²) in [6.45, 7) is 1.91. The molecule has 1 aliphatic carbocycles. The number of carbonyl (C=O) groups excluding carboxylic acids is 1. The van der Waals surface area contributed by atoms with Gasteiger partial charge in [0.2, 0.25) is 0 Å². The maximum atomic E-state index is 12.2. The maximum absolute atomic E-state index is 12.2. The lowest BCUT2D eigenvalue weighted by atomic mass is 9.85. The Morgan fingerprint density at radius 1 is 1.41 bits per heavy atom. The number of benzene rings is 1. The number of nitrogens with one attached hydrogen (secondary N) is 1. The molecular weight excluding hydrogens is 284 g/mol. The highest BCUT2D eigenvalue weighted by Gasteiger charge is 2.24. The van der Waals surface area contributed by atoms with Crippen molar-refractivity contribution in [2.45, 2.75) is 45.1 Å². The second kappa shape index (κ2) is 7.35. The van der Waals surface area contributed by atoms with Crippen molar-refractivity contribution in [3.8, 4) is 0 Å². The van der Waals surface area contributed by atoms with Crippen LogP contribution < -0.4 is 5.32 Å². The fraction of sp³-hybridized carbons (Fsp3) is 0.562. The molecule has 2 rings (SSSR count). The van der Waals surface area contributed by atoms with Crippen LogP contribution in [0.25, 0.3) is 0 Å². The van der Waals surface area contributed by atoms with E-state index in [1.54, 1.807) is 13.0 Å². The number of nitrogens with zero attached hydrogens (tertiary/aromatic N) is 1. The van der Waals surface area contributed by atoms with E-state index in [1.807, 2.05) is 0 Å². The third-order valence-corrected chi connectivity index (χ3v) is 4.26. The van der Waals surface area contributed by atoms with Crippen molar-refractivity contribution >= 4 is 11.6 Å². The minimum atomic E-state index is -0.590. The Balaban J connectivity index is 2.00. The van der Waals surface area contributed by atoms with E-state index in [0.29, 0.717) is 0 Å². The summed E-state index contributed by atoms with van der Waals surface area (Å²) in [6, 6.07) is 4.44. The average molecular weight is 306 g/mol. The fourth-order valence-corrected chi connectivity index (χ4v) is 2.97. The molecule has 120 valence electrons. The van der Waals surface area contributed by atoms with Gasteiger partial charge in [-0.3, -0.25) is 14.9 Å². The number of nitro groups is 1. The lowest BCUT2D eigenvalue weighted by Crippen LogP contribution is -2.37. The highest BCUT2D eigenvalue weighted by Crippen LogP contribution is 2.26. The van der Waals surface area contributed by atoms with Crippen LogP contribution in [0.2, 0.25) is 0 Å². The Bertz CT molecular complexity index is 553. The lowest BCUT2D eigenvalue weighted by molar-refractivity contribution is -0.385. The van der Waals surface area contributed by atoms with Gasteiger partial charge in [-0.15, -0.1) is 0 Å². The molecule has 0 bridgehead atoms. The van der Waals surface area contributed by atoms with Gasteiger partial charge in [0.1, 0.15) is 5.56 Å². The van der Waals surface area contributed by atoms with Crippen LogP contribution in [0.4, 0.5) is 5.69 Å². The summed E-state index contributed by atoms with van der Waals surface area (Å²) < 4.78 is 0. The quantitative estimate of drug-likeness (QED) is 0.646. The van der Waals surface area contributed by atoms with Crippen LogP contribution in [-0.4, -0.2) is 28.6 Å². The van der Waals surface area contributed by atoms with Crippen LogP contribution in [0, 0.1) is 23.0 Å². The summed E-state index contributed by atoms with van der Waals surface area (Å²) in [5.41, 5.74) is 0.611. The van der Waals surface area contributed by atoms with Crippen molar-refractivity contribution in [3.63, 3.8) is 0 Å². The van der Waals surface area contributed by atoms with Crippen LogP contribution in [-0.2, 0) is 0 Å². The minimum absolute atomic E-state index is 0.0424. The zero-order chi connectivity index (χ0) is 16.1. The Labute approximate surface area is 129 Å². The molecule has 1 atom stereocenters. The van der Waals surface area contributed by atoms with Gasteiger partial charge in [-0.2, -0.15) is 0 Å². The number of hydrogen-bond acceptors (Lipinski definition) is 4. The van der Waals surface area contributed by atoms with Crippen LogP contribution in [0.1, 0.15) is 48.0 Å². The minimum Gasteiger partial charge on any atom is -0.391 e. The van der Waals surface area contributed by atoms with E-state index >= 15 is 0 Å². The van der Waals surface area contributed by atoms with Gasteiger partial charge in [0.25, 0.3) is 11.6 Å². The summed E-state index contributed by atoms with van der Waals surface area (Å²) in [4.78, 5) is 22.6. The molecular formula is C16H22N2O4. The molecule has 1 aromatic rings. The van der Waals surface area contributed by atoms with E-state index in [4.69, 9.17) is 0 Å². The Morgan fingerprint density at radius 3 is 2.73 bits per heavy atom. The van der Waals surface area contributed by atoms with E-state index in [1.165, 1.54) is 18.6 Å². The van der Waals surface area contributed by atoms with Crippen LogP contribution >= 0.6 is 0 Å². The molecule has 0 heterocycles. The average Bonchev–Trinajstić information content (AvgIpc) is 2.52. The van der Waals surface area contributed by atoms with Crippen molar-refractivity contribution in [1.29, 1.82) is 0 Å². The van der Waals surface area contributed by atoms with Crippen molar-refractivity contribution in [3.05, 3.63) is 39.4 Å². The zero-order valence-corrected chi connectivity index (χ0v) is 12.7. The van der Waals surface area contributed by atoms with Gasteiger partial charge >= 0.3 is 0 Å². The third kappa shape index (κ3) is 4.04. The molecule has 1 fully saturated rings. The third-order valence-electron chi connectivity index (χ3n) is 4.26. The molecule has 0 aliphatic heterocycles. The van der Waals surface area contributed by atoms with Crippen molar-refractivity contribution in [2.75, 3.05) is 6.54 Å². The van der Waals surface area contributed by atoms with Crippen molar-refractivity contribution in [1.82, 2.24) is 5.32 Å². The molecule has 1 amide bonds. The summed E-state index contributed by atoms with van der Waals surface area (Å²) in [5, 5.41) is 23.8. The molecule has 1 aliphatic rings. The summed E-state index contributed by atoms with van der Waals surface area (Å²) in [6.07, 6.45) is 4.78. The number of aryl methyl sites for hydroxylation is 1. The van der Waals surface area contributed by atoms with Gasteiger partial charge in [-0.25, -0.2) is 0 Å². The first-order valence-electron chi connectivity index (χ1n) is 7.70. The molecule has 6 heteroatoms. The first-order valence-corrected chi connectivity index (χ1v) is 7.70. The van der Waals surface area contributed by atoms with Gasteiger partial charge in [0.15, 0.2) is 0 Å². The molecule has 1 saturated carbocycles. The molecule has 0 aromatic heterocycles. The number of rotatable bonds is 5. The normalized spacial score (nSPS) is 17.0. The highest BCUT2D eigenvalue weighted by atomic mass is 16.6. The monoisotopic (exact) mass is 306 g/mol. The predicted molar refractivity (Wildman–Crippen MR) is 82.7 cm³/mol. The smallest absolute Gasteiger partial charge is 0.282 e. The molecule has 0 saturated heterocycles. The second-order valence-electron chi connectivity index (χ2n) is 5.95. The van der Waals surface area contributed by atoms with Crippen LogP contribution in [0.15, 0.2) is 18.2 Å². The molecule has 6 nitrogen and oxygen atoms in total. The Hall–Kier alpha value is -1.95. The predicted octanol–water partition coefficient (Wildman–Crippen LogP) is 2.57. The Kier molecular flexibility index (Phi) is 5.49. The zero-order valence-electron chi connectivity index (χ0n) is 12.7. The number of aliphatic hydroxyl groups is 1. The molecule has 1 aromatic carbocycles. The van der Waals surface area contributed by atoms with Crippen molar-refractivity contribution in [2.24, 2.45) is 5.92 Å². The molecule has 2 N–H and O–H groups in total. The maximum Gasteiger partial charge on any atom is 0.282 e. The van der Waals surface area contributed by atoms with E-state index in [2.05, 4.69) is 5.32 Å². The van der Waals surface area contributed by atoms with Gasteiger partial charge < -0.3 is 10.4 Å². The summed E-state index contributed by atoms with van der Waals surface area (Å²) in [7, 11) is 0. The van der Waals surface area contributed by atoms with Gasteiger partial charge in [-0.1, -0.05) is 25.3 Å². The number of carbonyl (C=O) groups is 1. The van der Waals surface area contributed by atoms with E-state index in [9.17, 15) is 20.0 Å². The molecule has 0 spiro atoms. The second-order valence-corrected chi connectivity index (χ2v) is 5.95. The molecule has 0 radical (unpaired) electrons. The molecule has 22 heavy (non-hydrogen) atoms. The highest BCUT2D eigenvalue weighted by molar-refractivity contribution is 5.98. The van der Waals surface area contributed by atoms with Gasteiger partial charge in [0.05, 0.1) is 11.0 Å². The van der Waals surface area contributed by atoms with Gasteiger partial charge in [0, 0.05) is 12.6 Å². The van der Waals surface area contributed by atoms with Crippen LogP contribution in [0.5, 0.6) is 0 Å². The number of nitro benzene ring substituents is 1. The SMILES string of the molecule is Cc1ccc([N+](=O)[O-])c(C(=O)NCC(O)C2CCCCC2)c1. The number of hydrogen-bond donors (Lipinski definition) is 2. The summed E-state index contributed by atoms with van der Waals surface area (Å²) in [5.74, 6) is -0.299. The van der Waals surface area contributed by atoms with E-state index in [-0.39, 0.29) is 23.7 Å². The lowest BCUT2D eigenvalue weighted by Gasteiger charge is -2.26. The molecule has 1 unspecified atom stereocenters. The summed E-state index contributed by atoms with van der Waals surface area (Å²) >= 11 is 0. The van der Waals surface area contributed by atoms with Crippen LogP contribution in [0.3, 0.4) is 0 Å². The largest absolute Gasteiger partial charge is 0.391 e. The topological polar surface area (TPSA) is 92.5 Å². The number of aliphatic hydroxyl groups excluding tert-OH is 1. The van der Waals surface area contributed by atoms with Gasteiger partial charge in [-0.05, 0) is 37.3 Å². The Morgan fingerprint density at radius 2 is 2.09 bits per heavy atom. The fourth-order valence-electron chi connectivity index (χ4n) is 2.97. The van der Waals surface area contributed by atoms with E-state index in [0.717, 1.165) is 31.2 Å².